The Hall–Kier alpha value is -2.04. The number of carbonyl (C=O) groups is 2. The maximum Gasteiger partial charge on any atom is 0.227 e. The van der Waals surface area contributed by atoms with Crippen molar-refractivity contribution in [3.63, 3.8) is 0 Å². The van der Waals surface area contributed by atoms with Crippen molar-refractivity contribution in [2.24, 2.45) is 17.8 Å². The van der Waals surface area contributed by atoms with Crippen LogP contribution in [-0.2, 0) is 9.59 Å². The molecule has 0 heterocycles. The number of nitrogens with one attached hydrogen (secondary N) is 1. The molecule has 124 valence electrons. The summed E-state index contributed by atoms with van der Waals surface area (Å²) in [4.78, 5) is 24.7. The van der Waals surface area contributed by atoms with E-state index in [4.69, 9.17) is 9.47 Å². The first-order chi connectivity index (χ1) is 11.1. The lowest BCUT2D eigenvalue weighted by Gasteiger charge is -2.36. The van der Waals surface area contributed by atoms with Crippen LogP contribution in [0.25, 0.3) is 0 Å². The second-order valence-electron chi connectivity index (χ2n) is 6.49. The molecule has 0 radical (unpaired) electrons. The van der Waals surface area contributed by atoms with Crippen LogP contribution in [0.2, 0.25) is 0 Å². The minimum absolute atomic E-state index is 0.00953. The highest BCUT2D eigenvalue weighted by Gasteiger charge is 2.41. The van der Waals surface area contributed by atoms with Crippen LogP contribution >= 0.6 is 0 Å². The number of amides is 1. The average Bonchev–Trinajstić information content (AvgIpc) is 2.54. The lowest BCUT2D eigenvalue weighted by atomic mass is 9.67. The Bertz CT molecular complexity index is 575. The molecule has 2 fully saturated rings. The van der Waals surface area contributed by atoms with Crippen LogP contribution in [0.5, 0.6) is 11.5 Å². The summed E-state index contributed by atoms with van der Waals surface area (Å²) in [7, 11) is 3.16. The third kappa shape index (κ3) is 3.33. The van der Waals surface area contributed by atoms with Crippen molar-refractivity contribution in [3.8, 4) is 11.5 Å². The molecule has 1 N–H and O–H groups in total. The zero-order valence-electron chi connectivity index (χ0n) is 13.6. The quantitative estimate of drug-likeness (QED) is 0.927. The fourth-order valence-corrected chi connectivity index (χ4v) is 3.82. The van der Waals surface area contributed by atoms with Crippen LogP contribution in [0, 0.1) is 17.8 Å². The van der Waals surface area contributed by atoms with Gasteiger partial charge in [-0.05, 0) is 25.7 Å². The van der Waals surface area contributed by atoms with E-state index in [1.54, 1.807) is 32.4 Å². The van der Waals surface area contributed by atoms with Gasteiger partial charge in [0.2, 0.25) is 5.91 Å². The number of rotatable bonds is 4. The van der Waals surface area contributed by atoms with Crippen LogP contribution in [0.15, 0.2) is 18.2 Å². The number of anilines is 1. The number of ether oxygens (including phenoxy) is 2. The van der Waals surface area contributed by atoms with E-state index in [9.17, 15) is 9.59 Å². The normalized spacial score (nSPS) is 26.5. The van der Waals surface area contributed by atoms with Gasteiger partial charge in [-0.2, -0.15) is 0 Å². The number of methoxy groups -OCH3 is 2. The Morgan fingerprint density at radius 1 is 1.04 bits per heavy atom. The molecule has 5 heteroatoms. The number of fused-ring (bicyclic) bond motifs is 2. The number of carbonyl (C=O) groups excluding carboxylic acids is 2. The lowest BCUT2D eigenvalue weighted by molar-refractivity contribution is -0.136. The highest BCUT2D eigenvalue weighted by molar-refractivity contribution is 5.95. The Labute approximate surface area is 136 Å². The molecular formula is C18H23NO4. The second kappa shape index (κ2) is 6.60. The molecule has 2 atom stereocenters. The van der Waals surface area contributed by atoms with Gasteiger partial charge in [0.1, 0.15) is 17.3 Å². The maximum atomic E-state index is 12.6. The zero-order chi connectivity index (χ0) is 16.4. The predicted octanol–water partition coefficient (Wildman–Crippen LogP) is 3.04. The van der Waals surface area contributed by atoms with Gasteiger partial charge in [0, 0.05) is 41.6 Å². The van der Waals surface area contributed by atoms with Gasteiger partial charge in [0.25, 0.3) is 0 Å². The SMILES string of the molecule is COc1cc(NC(=O)C2CC3CCCC(C2)C3=O)cc(OC)c1. The highest BCUT2D eigenvalue weighted by Crippen LogP contribution is 2.40. The third-order valence-corrected chi connectivity index (χ3v) is 5.04. The molecule has 5 nitrogen and oxygen atoms in total. The van der Waals surface area contributed by atoms with E-state index in [1.165, 1.54) is 0 Å². The van der Waals surface area contributed by atoms with Crippen LogP contribution in [0.4, 0.5) is 5.69 Å². The number of hydrogen-bond acceptors (Lipinski definition) is 4. The van der Waals surface area contributed by atoms with E-state index in [0.717, 1.165) is 19.3 Å². The van der Waals surface area contributed by atoms with Crippen molar-refractivity contribution in [3.05, 3.63) is 18.2 Å². The molecule has 2 aliphatic rings. The van der Waals surface area contributed by atoms with Crippen LogP contribution < -0.4 is 14.8 Å². The van der Waals surface area contributed by atoms with Crippen molar-refractivity contribution in [2.75, 3.05) is 19.5 Å². The van der Waals surface area contributed by atoms with Gasteiger partial charge in [-0.1, -0.05) is 6.42 Å². The monoisotopic (exact) mass is 317 g/mol. The van der Waals surface area contributed by atoms with Gasteiger partial charge >= 0.3 is 0 Å². The number of ketones is 1. The van der Waals surface area contributed by atoms with Crippen LogP contribution in [0.1, 0.15) is 32.1 Å². The lowest BCUT2D eigenvalue weighted by Crippen LogP contribution is -2.40. The molecule has 2 bridgehead atoms. The summed E-state index contributed by atoms with van der Waals surface area (Å²) < 4.78 is 10.4. The first-order valence-electron chi connectivity index (χ1n) is 8.18. The summed E-state index contributed by atoms with van der Waals surface area (Å²) in [6.45, 7) is 0. The smallest absolute Gasteiger partial charge is 0.227 e. The van der Waals surface area contributed by atoms with Crippen LogP contribution in [0.3, 0.4) is 0 Å². The van der Waals surface area contributed by atoms with Crippen LogP contribution in [-0.4, -0.2) is 25.9 Å². The molecule has 1 aromatic rings. The third-order valence-electron chi connectivity index (χ3n) is 5.04. The number of Topliss-reactive ketones (excluding diaryl/α,β-unsaturated/α-hetero) is 1. The molecule has 0 spiro atoms. The van der Waals surface area contributed by atoms with Gasteiger partial charge < -0.3 is 14.8 Å². The molecule has 23 heavy (non-hydrogen) atoms. The van der Waals surface area contributed by atoms with E-state index in [2.05, 4.69) is 5.32 Å². The summed E-state index contributed by atoms with van der Waals surface area (Å²) in [5, 5.41) is 2.95. The molecule has 1 amide bonds. The minimum Gasteiger partial charge on any atom is -0.497 e. The predicted molar refractivity (Wildman–Crippen MR) is 86.7 cm³/mol. The fraction of sp³-hybridized carbons (Fsp3) is 0.556. The second-order valence-corrected chi connectivity index (χ2v) is 6.49. The number of hydrogen-bond donors (Lipinski definition) is 1. The molecule has 0 saturated heterocycles. The molecule has 0 aliphatic heterocycles. The molecule has 2 saturated carbocycles. The maximum absolute atomic E-state index is 12.6. The van der Waals surface area contributed by atoms with Crippen molar-refractivity contribution in [1.82, 2.24) is 0 Å². The van der Waals surface area contributed by atoms with Crippen molar-refractivity contribution < 1.29 is 19.1 Å². The average molecular weight is 317 g/mol. The Balaban J connectivity index is 1.71. The fourth-order valence-electron chi connectivity index (χ4n) is 3.82. The standard InChI is InChI=1S/C18H23NO4/c1-22-15-8-14(9-16(10-15)23-2)19-18(21)13-6-11-4-3-5-12(7-13)17(11)20/h8-13H,3-7H2,1-2H3,(H,19,21). The van der Waals surface area contributed by atoms with Crippen molar-refractivity contribution >= 4 is 17.4 Å². The summed E-state index contributed by atoms with van der Waals surface area (Å²) >= 11 is 0. The Morgan fingerprint density at radius 2 is 1.61 bits per heavy atom. The van der Waals surface area contributed by atoms with E-state index in [0.29, 0.717) is 35.8 Å². The molecule has 0 aromatic heterocycles. The summed E-state index contributed by atoms with van der Waals surface area (Å²) in [5.74, 6) is 1.72. The molecule has 2 aliphatic carbocycles. The summed E-state index contributed by atoms with van der Waals surface area (Å²) in [6.07, 6.45) is 4.35. The molecule has 1 aromatic carbocycles. The summed E-state index contributed by atoms with van der Waals surface area (Å²) in [6, 6.07) is 5.31. The van der Waals surface area contributed by atoms with Gasteiger partial charge in [-0.15, -0.1) is 0 Å². The Morgan fingerprint density at radius 3 is 2.13 bits per heavy atom. The van der Waals surface area contributed by atoms with Crippen molar-refractivity contribution in [2.45, 2.75) is 32.1 Å². The van der Waals surface area contributed by atoms with Gasteiger partial charge in [-0.25, -0.2) is 0 Å². The van der Waals surface area contributed by atoms with E-state index in [-0.39, 0.29) is 23.7 Å². The minimum atomic E-state index is -0.0832. The highest BCUT2D eigenvalue weighted by atomic mass is 16.5. The molecular weight excluding hydrogens is 294 g/mol. The van der Waals surface area contributed by atoms with E-state index in [1.807, 2.05) is 0 Å². The first kappa shape index (κ1) is 15.8. The van der Waals surface area contributed by atoms with Gasteiger partial charge in [0.05, 0.1) is 14.2 Å². The first-order valence-corrected chi connectivity index (χ1v) is 8.18. The van der Waals surface area contributed by atoms with E-state index >= 15 is 0 Å². The zero-order valence-corrected chi connectivity index (χ0v) is 13.6. The topological polar surface area (TPSA) is 64.6 Å². The molecule has 2 unspecified atom stereocenters. The van der Waals surface area contributed by atoms with Crippen molar-refractivity contribution in [1.29, 1.82) is 0 Å². The molecule has 3 rings (SSSR count). The summed E-state index contributed by atoms with van der Waals surface area (Å²) in [5.41, 5.74) is 0.660. The number of benzene rings is 1. The van der Waals surface area contributed by atoms with Gasteiger partial charge in [0.15, 0.2) is 0 Å². The Kier molecular flexibility index (Phi) is 4.55. The van der Waals surface area contributed by atoms with Gasteiger partial charge in [-0.3, -0.25) is 9.59 Å². The largest absolute Gasteiger partial charge is 0.497 e. The van der Waals surface area contributed by atoms with E-state index < -0.39 is 0 Å².